The van der Waals surface area contributed by atoms with E-state index < -0.39 is 0 Å². The average molecular weight is 258 g/mol. The quantitative estimate of drug-likeness (QED) is 0.502. The molecule has 1 heterocycles. The fourth-order valence-electron chi connectivity index (χ4n) is 1.54. The third kappa shape index (κ3) is 3.24. The van der Waals surface area contributed by atoms with Crippen LogP contribution in [0.3, 0.4) is 0 Å². The molecule has 1 aromatic heterocycles. The minimum atomic E-state index is 0.524. The molecule has 18 heavy (non-hydrogen) atoms. The highest BCUT2D eigenvalue weighted by Gasteiger charge is 1.94. The summed E-state index contributed by atoms with van der Waals surface area (Å²) in [4.78, 5) is 4.26. The molecule has 0 aliphatic heterocycles. The van der Waals surface area contributed by atoms with Gasteiger partial charge in [0.1, 0.15) is 0 Å². The highest BCUT2D eigenvalue weighted by molar-refractivity contribution is 7.80. The van der Waals surface area contributed by atoms with Crippen LogP contribution in [0.5, 0.6) is 0 Å². The number of nitrogens with one attached hydrogen (secondary N) is 2. The topological polar surface area (TPSA) is 49.3 Å². The summed E-state index contributed by atoms with van der Waals surface area (Å²) in [6.07, 6.45) is 3.52. The molecule has 2 rings (SSSR count). The van der Waals surface area contributed by atoms with E-state index in [0.717, 1.165) is 23.0 Å². The summed E-state index contributed by atoms with van der Waals surface area (Å²) in [7, 11) is 0. The summed E-state index contributed by atoms with van der Waals surface area (Å²) in [5, 5.41) is 8.64. The number of hydrogen-bond donors (Lipinski definition) is 2. The molecule has 2 N–H and O–H groups in total. The Morgan fingerprint density at radius 1 is 1.44 bits per heavy atom. The van der Waals surface area contributed by atoms with Crippen LogP contribution >= 0.6 is 12.2 Å². The molecule has 0 aliphatic carbocycles. The number of nitrogens with zero attached hydrogens (tertiary/aromatic N) is 2. The molecule has 0 atom stereocenters. The van der Waals surface area contributed by atoms with Crippen molar-refractivity contribution >= 4 is 34.4 Å². The first-order chi connectivity index (χ1) is 8.79. The molecule has 0 spiro atoms. The Labute approximate surface area is 111 Å². The summed E-state index contributed by atoms with van der Waals surface area (Å²) in [5.41, 5.74) is 4.73. The van der Waals surface area contributed by atoms with E-state index in [0.29, 0.717) is 5.11 Å². The van der Waals surface area contributed by atoms with E-state index in [4.69, 9.17) is 12.2 Å². The predicted octanol–water partition coefficient (Wildman–Crippen LogP) is 2.05. The Hall–Kier alpha value is -2.01. The Bertz CT molecular complexity index is 580. The minimum absolute atomic E-state index is 0.524. The molecule has 0 saturated carbocycles. The zero-order valence-electron chi connectivity index (χ0n) is 10.1. The largest absolute Gasteiger partial charge is 0.362 e. The second-order valence-electron chi connectivity index (χ2n) is 3.68. The smallest absolute Gasteiger partial charge is 0.186 e. The molecule has 4 nitrogen and oxygen atoms in total. The molecule has 1 aromatic carbocycles. The van der Waals surface area contributed by atoms with Crippen molar-refractivity contribution in [1.29, 1.82) is 0 Å². The molecule has 0 saturated heterocycles. The molecule has 5 heteroatoms. The fraction of sp³-hybridized carbons (Fsp3) is 0.154. The Morgan fingerprint density at radius 2 is 2.33 bits per heavy atom. The molecule has 0 bridgehead atoms. The van der Waals surface area contributed by atoms with Crippen LogP contribution in [0.15, 0.2) is 41.6 Å². The first kappa shape index (κ1) is 12.4. The molecule has 2 aromatic rings. The van der Waals surface area contributed by atoms with Crippen molar-refractivity contribution in [2.75, 3.05) is 6.54 Å². The standard InChI is InChI=1S/C13H14N4S/c1-2-14-13(18)17-16-9-10-5-6-12-11(8-10)4-3-7-15-12/h3-9H,2H2,1H3,(H2,14,17,18)/b16-9+. The van der Waals surface area contributed by atoms with Gasteiger partial charge in [0.2, 0.25) is 0 Å². The van der Waals surface area contributed by atoms with Crippen LogP contribution in [-0.4, -0.2) is 22.9 Å². The van der Waals surface area contributed by atoms with Gasteiger partial charge in [0.25, 0.3) is 0 Å². The van der Waals surface area contributed by atoms with Crippen LogP contribution in [0.4, 0.5) is 0 Å². The van der Waals surface area contributed by atoms with E-state index in [9.17, 15) is 0 Å². The number of pyridine rings is 1. The van der Waals surface area contributed by atoms with Gasteiger partial charge in [0.15, 0.2) is 5.11 Å². The lowest BCUT2D eigenvalue weighted by Crippen LogP contribution is -2.31. The lowest BCUT2D eigenvalue weighted by atomic mass is 10.1. The van der Waals surface area contributed by atoms with Crippen molar-refractivity contribution in [1.82, 2.24) is 15.7 Å². The Balaban J connectivity index is 2.07. The zero-order chi connectivity index (χ0) is 12.8. The SMILES string of the molecule is CCNC(=S)N/N=C/c1ccc2ncccc2c1. The van der Waals surface area contributed by atoms with Crippen LogP contribution in [-0.2, 0) is 0 Å². The Morgan fingerprint density at radius 3 is 3.17 bits per heavy atom. The van der Waals surface area contributed by atoms with Crippen molar-refractivity contribution in [3.8, 4) is 0 Å². The molecular formula is C13H14N4S. The number of thiocarbonyl (C=S) groups is 1. The molecule has 0 amide bonds. The summed E-state index contributed by atoms with van der Waals surface area (Å²) < 4.78 is 0. The predicted molar refractivity (Wildman–Crippen MR) is 78.7 cm³/mol. The summed E-state index contributed by atoms with van der Waals surface area (Å²) in [5.74, 6) is 0. The van der Waals surface area contributed by atoms with Crippen molar-refractivity contribution in [2.45, 2.75) is 6.92 Å². The minimum Gasteiger partial charge on any atom is -0.362 e. The maximum absolute atomic E-state index is 5.00. The van der Waals surface area contributed by atoms with Crippen LogP contribution in [0, 0.1) is 0 Å². The van der Waals surface area contributed by atoms with Crippen LogP contribution in [0.1, 0.15) is 12.5 Å². The van der Waals surface area contributed by atoms with Gasteiger partial charge in [-0.25, -0.2) is 0 Å². The summed E-state index contributed by atoms with van der Waals surface area (Å²) >= 11 is 5.00. The van der Waals surface area contributed by atoms with Gasteiger partial charge in [-0.3, -0.25) is 10.4 Å². The third-order valence-corrected chi connectivity index (χ3v) is 2.58. The lowest BCUT2D eigenvalue weighted by Gasteiger charge is -2.02. The fourth-order valence-corrected chi connectivity index (χ4v) is 1.74. The van der Waals surface area contributed by atoms with Crippen LogP contribution in [0.25, 0.3) is 10.9 Å². The number of aromatic nitrogens is 1. The average Bonchev–Trinajstić information content (AvgIpc) is 2.39. The Kier molecular flexibility index (Phi) is 4.20. The van der Waals surface area contributed by atoms with E-state index in [1.54, 1.807) is 12.4 Å². The number of hydrazone groups is 1. The van der Waals surface area contributed by atoms with Crippen molar-refractivity contribution < 1.29 is 0 Å². The van der Waals surface area contributed by atoms with E-state index >= 15 is 0 Å². The van der Waals surface area contributed by atoms with Gasteiger partial charge in [-0.1, -0.05) is 12.1 Å². The van der Waals surface area contributed by atoms with Gasteiger partial charge in [-0.2, -0.15) is 5.10 Å². The summed E-state index contributed by atoms with van der Waals surface area (Å²) in [6.45, 7) is 2.76. The van der Waals surface area contributed by atoms with E-state index in [-0.39, 0.29) is 0 Å². The zero-order valence-corrected chi connectivity index (χ0v) is 10.9. The van der Waals surface area contributed by atoms with E-state index in [1.807, 2.05) is 37.3 Å². The van der Waals surface area contributed by atoms with Crippen LogP contribution < -0.4 is 10.7 Å². The molecule has 0 unspecified atom stereocenters. The van der Waals surface area contributed by atoms with Gasteiger partial charge < -0.3 is 5.32 Å². The molecule has 92 valence electrons. The highest BCUT2D eigenvalue weighted by Crippen LogP contribution is 2.11. The molecule has 0 aliphatic rings. The van der Waals surface area contributed by atoms with E-state index in [1.165, 1.54) is 0 Å². The van der Waals surface area contributed by atoms with Crippen molar-refractivity contribution in [2.24, 2.45) is 5.10 Å². The molecule has 0 radical (unpaired) electrons. The normalized spacial score (nSPS) is 10.7. The second kappa shape index (κ2) is 6.07. The first-order valence-corrected chi connectivity index (χ1v) is 6.12. The lowest BCUT2D eigenvalue weighted by molar-refractivity contribution is 0.904. The number of rotatable bonds is 3. The monoisotopic (exact) mass is 258 g/mol. The van der Waals surface area contributed by atoms with Crippen molar-refractivity contribution in [3.05, 3.63) is 42.1 Å². The molecular weight excluding hydrogens is 244 g/mol. The summed E-state index contributed by atoms with van der Waals surface area (Å²) in [6, 6.07) is 9.91. The second-order valence-corrected chi connectivity index (χ2v) is 4.09. The number of benzene rings is 1. The maximum atomic E-state index is 5.00. The number of fused-ring (bicyclic) bond motifs is 1. The van der Waals surface area contributed by atoms with Gasteiger partial charge in [-0.05, 0) is 42.9 Å². The molecule has 0 fully saturated rings. The van der Waals surface area contributed by atoms with Gasteiger partial charge >= 0.3 is 0 Å². The van der Waals surface area contributed by atoms with Gasteiger partial charge in [0.05, 0.1) is 11.7 Å². The highest BCUT2D eigenvalue weighted by atomic mass is 32.1. The van der Waals surface area contributed by atoms with Crippen molar-refractivity contribution in [3.63, 3.8) is 0 Å². The van der Waals surface area contributed by atoms with E-state index in [2.05, 4.69) is 20.8 Å². The van der Waals surface area contributed by atoms with Gasteiger partial charge in [-0.15, -0.1) is 0 Å². The first-order valence-electron chi connectivity index (χ1n) is 5.71. The third-order valence-electron chi connectivity index (χ3n) is 2.34. The number of hydrogen-bond acceptors (Lipinski definition) is 3. The van der Waals surface area contributed by atoms with Gasteiger partial charge in [0, 0.05) is 18.1 Å². The van der Waals surface area contributed by atoms with Crippen LogP contribution in [0.2, 0.25) is 0 Å². The maximum Gasteiger partial charge on any atom is 0.186 e.